The Morgan fingerprint density at radius 1 is 0.733 bits per heavy atom. The minimum absolute atomic E-state index is 0.690. The Kier molecular flexibility index (Phi) is 1.71. The summed E-state index contributed by atoms with van der Waals surface area (Å²) in [6.07, 6.45) is -10.6. The van der Waals surface area contributed by atoms with Crippen molar-refractivity contribution in [2.24, 2.45) is 0 Å². The second-order valence-electron chi connectivity index (χ2n) is 3.29. The van der Waals surface area contributed by atoms with E-state index in [4.69, 9.17) is 0 Å². The number of fused-ring (bicyclic) bond motifs is 1. The van der Waals surface area contributed by atoms with Crippen LogP contribution < -0.4 is 0 Å². The molecular formula is C9H4F6. The first-order valence-electron chi connectivity index (χ1n) is 3.96. The molecule has 82 valence electrons. The molecule has 6 heteroatoms. The van der Waals surface area contributed by atoms with Gasteiger partial charge in [-0.1, -0.05) is 24.3 Å². The van der Waals surface area contributed by atoms with Gasteiger partial charge in [0.2, 0.25) is 5.41 Å². The molecule has 0 aromatic heterocycles. The topological polar surface area (TPSA) is 0 Å². The molecular weight excluding hydrogens is 222 g/mol. The number of halogens is 6. The van der Waals surface area contributed by atoms with E-state index < -0.39 is 28.9 Å². The van der Waals surface area contributed by atoms with Gasteiger partial charge in [0, 0.05) is 0 Å². The summed E-state index contributed by atoms with van der Waals surface area (Å²) < 4.78 is 74.8. The van der Waals surface area contributed by atoms with Crippen LogP contribution in [0.4, 0.5) is 26.3 Å². The van der Waals surface area contributed by atoms with Gasteiger partial charge in [-0.15, -0.1) is 0 Å². The van der Waals surface area contributed by atoms with Crippen molar-refractivity contribution in [2.75, 3.05) is 0 Å². The van der Waals surface area contributed by atoms with Gasteiger partial charge in [0.1, 0.15) is 0 Å². The monoisotopic (exact) mass is 226 g/mol. The minimum Gasteiger partial charge on any atom is -0.169 e. The van der Waals surface area contributed by atoms with Crippen molar-refractivity contribution < 1.29 is 26.3 Å². The van der Waals surface area contributed by atoms with E-state index in [0.717, 1.165) is 24.3 Å². The highest BCUT2D eigenvalue weighted by Crippen LogP contribution is 2.67. The van der Waals surface area contributed by atoms with Gasteiger partial charge in [-0.05, 0) is 11.1 Å². The molecule has 0 nitrogen and oxygen atoms in total. The highest BCUT2D eigenvalue weighted by Gasteiger charge is 2.81. The van der Waals surface area contributed by atoms with Crippen molar-refractivity contribution in [3.05, 3.63) is 35.4 Å². The predicted molar refractivity (Wildman–Crippen MR) is 39.3 cm³/mol. The SMILES string of the molecule is FC(F)(F)C1(C(F)(F)F)c2ccccc21. The molecule has 1 aliphatic carbocycles. The second kappa shape index (κ2) is 2.48. The van der Waals surface area contributed by atoms with Crippen LogP contribution in [0.1, 0.15) is 11.1 Å². The third-order valence-corrected chi connectivity index (χ3v) is 2.52. The number of hydrogen-bond donors (Lipinski definition) is 0. The molecule has 0 atom stereocenters. The lowest BCUT2D eigenvalue weighted by atomic mass is 10.0. The Morgan fingerprint density at radius 3 is 1.33 bits per heavy atom. The molecule has 0 radical (unpaired) electrons. The van der Waals surface area contributed by atoms with E-state index in [1.165, 1.54) is 0 Å². The Bertz CT molecular complexity index is 361. The smallest absolute Gasteiger partial charge is 0.169 e. The molecule has 0 saturated heterocycles. The highest BCUT2D eigenvalue weighted by atomic mass is 19.4. The second-order valence-corrected chi connectivity index (χ2v) is 3.29. The van der Waals surface area contributed by atoms with Gasteiger partial charge < -0.3 is 0 Å². The average molecular weight is 226 g/mol. The predicted octanol–water partition coefficient (Wildman–Crippen LogP) is 3.41. The number of rotatable bonds is 0. The Morgan fingerprint density at radius 2 is 1.07 bits per heavy atom. The zero-order valence-corrected chi connectivity index (χ0v) is 7.08. The van der Waals surface area contributed by atoms with Crippen LogP contribution in [-0.2, 0) is 5.41 Å². The van der Waals surface area contributed by atoms with Crippen molar-refractivity contribution in [3.8, 4) is 0 Å². The Balaban J connectivity index is 2.59. The fourth-order valence-corrected chi connectivity index (χ4v) is 1.83. The largest absolute Gasteiger partial charge is 0.411 e. The first-order chi connectivity index (χ1) is 6.73. The van der Waals surface area contributed by atoms with Gasteiger partial charge in [0.15, 0.2) is 0 Å². The number of hydrogen-bond acceptors (Lipinski definition) is 0. The van der Waals surface area contributed by atoms with E-state index in [0.29, 0.717) is 0 Å². The van der Waals surface area contributed by atoms with E-state index in [9.17, 15) is 26.3 Å². The molecule has 0 spiro atoms. The molecule has 0 fully saturated rings. The zero-order chi connectivity index (χ0) is 11.5. The van der Waals surface area contributed by atoms with Gasteiger partial charge >= 0.3 is 12.4 Å². The maximum Gasteiger partial charge on any atom is 0.411 e. The van der Waals surface area contributed by atoms with E-state index in [1.54, 1.807) is 0 Å². The molecule has 0 aliphatic heterocycles. The third-order valence-electron chi connectivity index (χ3n) is 2.52. The third kappa shape index (κ3) is 1.04. The maximum atomic E-state index is 12.5. The van der Waals surface area contributed by atoms with Gasteiger partial charge in [-0.3, -0.25) is 0 Å². The van der Waals surface area contributed by atoms with E-state index in [2.05, 4.69) is 0 Å². The maximum absolute atomic E-state index is 12.5. The van der Waals surface area contributed by atoms with E-state index in [-0.39, 0.29) is 0 Å². The molecule has 1 aromatic carbocycles. The van der Waals surface area contributed by atoms with Crippen molar-refractivity contribution in [3.63, 3.8) is 0 Å². The van der Waals surface area contributed by atoms with Gasteiger partial charge in [-0.25, -0.2) is 0 Å². The first kappa shape index (κ1) is 10.3. The summed E-state index contributed by atoms with van der Waals surface area (Å²) in [7, 11) is 0. The molecule has 0 bridgehead atoms. The molecule has 2 rings (SSSR count). The zero-order valence-electron chi connectivity index (χ0n) is 7.08. The summed E-state index contributed by atoms with van der Waals surface area (Å²) in [5.74, 6) is 0. The van der Waals surface area contributed by atoms with Gasteiger partial charge in [0.25, 0.3) is 0 Å². The molecule has 0 heterocycles. The molecule has 15 heavy (non-hydrogen) atoms. The summed E-state index contributed by atoms with van der Waals surface area (Å²) in [4.78, 5) is 0. The molecule has 1 aliphatic rings. The van der Waals surface area contributed by atoms with Gasteiger partial charge in [0.05, 0.1) is 0 Å². The summed E-state index contributed by atoms with van der Waals surface area (Å²) in [6.45, 7) is 0. The van der Waals surface area contributed by atoms with Crippen molar-refractivity contribution in [1.29, 1.82) is 0 Å². The fraction of sp³-hybridized carbons (Fsp3) is 0.333. The number of alkyl halides is 6. The van der Waals surface area contributed by atoms with Crippen molar-refractivity contribution in [1.82, 2.24) is 0 Å². The van der Waals surface area contributed by atoms with Crippen LogP contribution >= 0.6 is 0 Å². The van der Waals surface area contributed by atoms with Crippen molar-refractivity contribution in [2.45, 2.75) is 17.8 Å². The van der Waals surface area contributed by atoms with E-state index in [1.807, 2.05) is 0 Å². The lowest BCUT2D eigenvalue weighted by Crippen LogP contribution is -2.43. The van der Waals surface area contributed by atoms with Crippen LogP contribution in [0.2, 0.25) is 0 Å². The summed E-state index contributed by atoms with van der Waals surface area (Å²) in [6, 6.07) is 4.04. The van der Waals surface area contributed by atoms with Crippen LogP contribution in [0.3, 0.4) is 0 Å². The Hall–Kier alpha value is -1.20. The fourth-order valence-electron chi connectivity index (χ4n) is 1.83. The first-order valence-corrected chi connectivity index (χ1v) is 3.96. The normalized spacial score (nSPS) is 18.5. The average Bonchev–Trinajstić information content (AvgIpc) is 2.70. The van der Waals surface area contributed by atoms with Gasteiger partial charge in [-0.2, -0.15) is 26.3 Å². The van der Waals surface area contributed by atoms with Crippen molar-refractivity contribution >= 4 is 0 Å². The lowest BCUT2D eigenvalue weighted by molar-refractivity contribution is -0.272. The molecule has 0 unspecified atom stereocenters. The molecule has 1 aromatic rings. The van der Waals surface area contributed by atoms with Crippen LogP contribution in [0.5, 0.6) is 0 Å². The molecule has 0 saturated carbocycles. The van der Waals surface area contributed by atoms with Crippen LogP contribution in [0.15, 0.2) is 24.3 Å². The number of benzene rings is 1. The Labute approximate surface area is 80.5 Å². The summed E-state index contributed by atoms with van der Waals surface area (Å²) in [5.41, 5.74) is -5.10. The quantitative estimate of drug-likeness (QED) is 0.594. The summed E-state index contributed by atoms with van der Waals surface area (Å²) in [5, 5.41) is 0. The van der Waals surface area contributed by atoms with Crippen LogP contribution in [0, 0.1) is 0 Å². The highest BCUT2D eigenvalue weighted by molar-refractivity contribution is 5.63. The van der Waals surface area contributed by atoms with Crippen LogP contribution in [-0.4, -0.2) is 12.4 Å². The minimum atomic E-state index is -5.32. The molecule has 0 amide bonds. The molecule has 0 N–H and O–H groups in total. The van der Waals surface area contributed by atoms with E-state index >= 15 is 0 Å². The van der Waals surface area contributed by atoms with Crippen LogP contribution in [0.25, 0.3) is 0 Å². The lowest BCUT2D eigenvalue weighted by Gasteiger charge is -2.23. The summed E-state index contributed by atoms with van der Waals surface area (Å²) >= 11 is 0. The standard InChI is InChI=1S/C9H4F6/c10-8(11,12)7(9(13,14)15)5-3-1-2-4-6(5)7/h1-4H.